The van der Waals surface area contributed by atoms with Crippen LogP contribution < -0.4 is 5.32 Å². The highest BCUT2D eigenvalue weighted by Crippen LogP contribution is 2.24. The van der Waals surface area contributed by atoms with Gasteiger partial charge < -0.3 is 10.1 Å². The fourth-order valence-electron chi connectivity index (χ4n) is 3.57. The van der Waals surface area contributed by atoms with E-state index in [1.165, 1.54) is 12.1 Å². The number of morpholine rings is 1. The van der Waals surface area contributed by atoms with Crippen LogP contribution in [-0.2, 0) is 16.0 Å². The number of thiazole rings is 1. The van der Waals surface area contributed by atoms with Gasteiger partial charge in [0.15, 0.2) is 0 Å². The summed E-state index contributed by atoms with van der Waals surface area (Å²) in [5.74, 6) is -0.332. The van der Waals surface area contributed by atoms with E-state index < -0.39 is 0 Å². The van der Waals surface area contributed by atoms with Crippen LogP contribution in [-0.4, -0.2) is 48.6 Å². The number of benzene rings is 2. The standard InChI is InChI=1S/C23H24FN3O2S/c24-19-8-6-17(7-9-19)21(27-10-12-29-13-11-27)15-25-22(28)14-20-16-30-23(26-20)18-4-2-1-3-5-18/h1-9,16,21H,10-15H2,(H,25,28)/t21-/m0/s1. The Kier molecular flexibility index (Phi) is 6.84. The van der Waals surface area contributed by atoms with Gasteiger partial charge in [0.25, 0.3) is 0 Å². The maximum Gasteiger partial charge on any atom is 0.226 e. The minimum absolute atomic E-state index is 0.0197. The van der Waals surface area contributed by atoms with Gasteiger partial charge in [-0.15, -0.1) is 11.3 Å². The lowest BCUT2D eigenvalue weighted by Crippen LogP contribution is -2.44. The molecule has 7 heteroatoms. The number of halogens is 1. The SMILES string of the molecule is O=C(Cc1csc(-c2ccccc2)n1)NC[C@@H](c1ccc(F)cc1)N1CCOCC1. The molecule has 30 heavy (non-hydrogen) atoms. The van der Waals surface area contributed by atoms with Gasteiger partial charge in [0.05, 0.1) is 31.4 Å². The number of aromatic nitrogens is 1. The Morgan fingerprint density at radius 2 is 1.87 bits per heavy atom. The molecular weight excluding hydrogens is 401 g/mol. The van der Waals surface area contributed by atoms with Gasteiger partial charge >= 0.3 is 0 Å². The molecule has 0 bridgehead atoms. The van der Waals surface area contributed by atoms with Crippen LogP contribution in [0.25, 0.3) is 10.6 Å². The molecule has 2 heterocycles. The average Bonchev–Trinajstić information content (AvgIpc) is 3.25. The van der Waals surface area contributed by atoms with Crippen molar-refractivity contribution in [3.63, 3.8) is 0 Å². The zero-order chi connectivity index (χ0) is 20.8. The van der Waals surface area contributed by atoms with Gasteiger partial charge in [-0.25, -0.2) is 9.37 Å². The third kappa shape index (κ3) is 5.30. The minimum Gasteiger partial charge on any atom is -0.379 e. The molecule has 0 aliphatic carbocycles. The summed E-state index contributed by atoms with van der Waals surface area (Å²) in [6.07, 6.45) is 0.239. The van der Waals surface area contributed by atoms with Crippen molar-refractivity contribution in [3.05, 3.63) is 77.1 Å². The van der Waals surface area contributed by atoms with Crippen LogP contribution in [0.4, 0.5) is 4.39 Å². The van der Waals surface area contributed by atoms with Crippen LogP contribution in [0.1, 0.15) is 17.3 Å². The lowest BCUT2D eigenvalue weighted by molar-refractivity contribution is -0.120. The minimum atomic E-state index is -0.263. The zero-order valence-electron chi connectivity index (χ0n) is 16.6. The second-order valence-electron chi connectivity index (χ2n) is 7.21. The summed E-state index contributed by atoms with van der Waals surface area (Å²) in [5, 5.41) is 5.88. The van der Waals surface area contributed by atoms with E-state index in [9.17, 15) is 9.18 Å². The Hall–Kier alpha value is -2.61. The number of hydrogen-bond acceptors (Lipinski definition) is 5. The molecule has 0 unspecified atom stereocenters. The summed E-state index contributed by atoms with van der Waals surface area (Å²) in [6, 6.07) is 16.4. The molecule has 0 radical (unpaired) electrons. The number of carbonyl (C=O) groups excluding carboxylic acids is 1. The monoisotopic (exact) mass is 425 g/mol. The van der Waals surface area contributed by atoms with Crippen LogP contribution >= 0.6 is 11.3 Å². The second kappa shape index (κ2) is 9.93. The largest absolute Gasteiger partial charge is 0.379 e. The van der Waals surface area contributed by atoms with E-state index >= 15 is 0 Å². The Morgan fingerprint density at radius 1 is 1.13 bits per heavy atom. The van der Waals surface area contributed by atoms with Crippen molar-refractivity contribution in [3.8, 4) is 10.6 Å². The molecule has 2 aromatic carbocycles. The summed E-state index contributed by atoms with van der Waals surface area (Å²) in [5.41, 5.74) is 2.80. The first-order valence-electron chi connectivity index (χ1n) is 10.0. The maximum absolute atomic E-state index is 13.4. The van der Waals surface area contributed by atoms with Crippen molar-refractivity contribution >= 4 is 17.2 Å². The van der Waals surface area contributed by atoms with Crippen molar-refractivity contribution in [1.82, 2.24) is 15.2 Å². The van der Waals surface area contributed by atoms with E-state index in [-0.39, 0.29) is 24.2 Å². The van der Waals surface area contributed by atoms with Gasteiger partial charge in [-0.05, 0) is 17.7 Å². The van der Waals surface area contributed by atoms with Gasteiger partial charge in [0.1, 0.15) is 10.8 Å². The topological polar surface area (TPSA) is 54.5 Å². The zero-order valence-corrected chi connectivity index (χ0v) is 17.4. The quantitative estimate of drug-likeness (QED) is 0.627. The summed E-state index contributed by atoms with van der Waals surface area (Å²) in [7, 11) is 0. The molecule has 1 N–H and O–H groups in total. The second-order valence-corrected chi connectivity index (χ2v) is 8.06. The van der Waals surface area contributed by atoms with Crippen molar-refractivity contribution < 1.29 is 13.9 Å². The molecule has 1 atom stereocenters. The predicted octanol–water partition coefficient (Wildman–Crippen LogP) is 3.68. The highest BCUT2D eigenvalue weighted by molar-refractivity contribution is 7.13. The smallest absolute Gasteiger partial charge is 0.226 e. The molecule has 1 aliphatic rings. The molecule has 1 fully saturated rings. The van der Waals surface area contributed by atoms with E-state index in [4.69, 9.17) is 4.74 Å². The number of carbonyl (C=O) groups is 1. The maximum atomic E-state index is 13.4. The highest BCUT2D eigenvalue weighted by Gasteiger charge is 2.23. The van der Waals surface area contributed by atoms with E-state index in [1.54, 1.807) is 23.5 Å². The summed E-state index contributed by atoms with van der Waals surface area (Å²) in [6.45, 7) is 3.34. The van der Waals surface area contributed by atoms with E-state index in [0.29, 0.717) is 19.8 Å². The van der Waals surface area contributed by atoms with Crippen LogP contribution in [0.15, 0.2) is 60.0 Å². The normalized spacial score (nSPS) is 15.6. The summed E-state index contributed by atoms with van der Waals surface area (Å²) < 4.78 is 18.8. The van der Waals surface area contributed by atoms with Crippen LogP contribution in [0, 0.1) is 5.82 Å². The van der Waals surface area contributed by atoms with Gasteiger partial charge in [-0.2, -0.15) is 0 Å². The first-order chi connectivity index (χ1) is 14.7. The molecule has 3 aromatic rings. The third-order valence-electron chi connectivity index (χ3n) is 5.15. The van der Waals surface area contributed by atoms with Gasteiger partial charge in [-0.3, -0.25) is 9.69 Å². The summed E-state index contributed by atoms with van der Waals surface area (Å²) >= 11 is 1.54. The van der Waals surface area contributed by atoms with Gasteiger partial charge in [-0.1, -0.05) is 42.5 Å². The molecule has 1 aliphatic heterocycles. The number of nitrogens with zero attached hydrogens (tertiary/aromatic N) is 2. The van der Waals surface area contributed by atoms with Crippen molar-refractivity contribution in [2.24, 2.45) is 0 Å². The third-order valence-corrected chi connectivity index (χ3v) is 6.09. The number of nitrogens with one attached hydrogen (secondary N) is 1. The molecule has 1 saturated heterocycles. The molecule has 5 nitrogen and oxygen atoms in total. The Bertz CT molecular complexity index is 956. The number of amides is 1. The molecule has 1 amide bonds. The van der Waals surface area contributed by atoms with E-state index in [2.05, 4.69) is 15.2 Å². The fourth-order valence-corrected chi connectivity index (χ4v) is 4.40. The number of hydrogen-bond donors (Lipinski definition) is 1. The van der Waals surface area contributed by atoms with Crippen LogP contribution in [0.2, 0.25) is 0 Å². The Balaban J connectivity index is 1.39. The highest BCUT2D eigenvalue weighted by atomic mass is 32.1. The van der Waals surface area contributed by atoms with Crippen molar-refractivity contribution in [2.75, 3.05) is 32.8 Å². The van der Waals surface area contributed by atoms with Gasteiger partial charge in [0, 0.05) is 30.6 Å². The number of rotatable bonds is 7. The van der Waals surface area contributed by atoms with Gasteiger partial charge in [0.2, 0.25) is 5.91 Å². The van der Waals surface area contributed by atoms with Crippen LogP contribution in [0.3, 0.4) is 0 Å². The number of ether oxygens (including phenoxy) is 1. The molecule has 4 rings (SSSR count). The molecule has 1 aromatic heterocycles. The van der Waals surface area contributed by atoms with E-state index in [1.807, 2.05) is 35.7 Å². The molecule has 0 saturated carbocycles. The van der Waals surface area contributed by atoms with Crippen LogP contribution in [0.5, 0.6) is 0 Å². The van der Waals surface area contributed by atoms with Crippen molar-refractivity contribution in [2.45, 2.75) is 12.5 Å². The first-order valence-corrected chi connectivity index (χ1v) is 10.9. The Morgan fingerprint density at radius 3 is 2.60 bits per heavy atom. The molecular formula is C23H24FN3O2S. The predicted molar refractivity (Wildman–Crippen MR) is 116 cm³/mol. The first kappa shape index (κ1) is 20.7. The molecule has 156 valence electrons. The fraction of sp³-hybridized carbons (Fsp3) is 0.304. The average molecular weight is 426 g/mol. The lowest BCUT2D eigenvalue weighted by Gasteiger charge is -2.35. The molecule has 0 spiro atoms. The van der Waals surface area contributed by atoms with Crippen molar-refractivity contribution in [1.29, 1.82) is 0 Å². The lowest BCUT2D eigenvalue weighted by atomic mass is 10.0. The Labute approximate surface area is 179 Å². The van der Waals surface area contributed by atoms with E-state index in [0.717, 1.165) is 34.9 Å². The summed E-state index contributed by atoms with van der Waals surface area (Å²) in [4.78, 5) is 19.4.